The van der Waals surface area contributed by atoms with Crippen LogP contribution in [0.2, 0.25) is 0 Å². The average Bonchev–Trinajstić information content (AvgIpc) is 3.55. The first kappa shape index (κ1) is 22.5. The second-order valence-corrected chi connectivity index (χ2v) is 8.54. The van der Waals surface area contributed by atoms with Gasteiger partial charge in [0, 0.05) is 29.1 Å². The minimum absolute atomic E-state index is 0.271. The van der Waals surface area contributed by atoms with Crippen molar-refractivity contribution in [3.63, 3.8) is 0 Å². The minimum atomic E-state index is -0.271. The van der Waals surface area contributed by atoms with Gasteiger partial charge in [0.1, 0.15) is 11.5 Å². The predicted octanol–water partition coefficient (Wildman–Crippen LogP) is 5.51. The molecule has 0 unspecified atom stereocenters. The number of thiazole rings is 1. The Bertz CT molecular complexity index is 1510. The van der Waals surface area contributed by atoms with Crippen molar-refractivity contribution in [1.82, 2.24) is 19.7 Å². The molecule has 9 heteroatoms. The maximum Gasteiger partial charge on any atom is 0.258 e. The molecule has 3 aromatic heterocycles. The number of hydrogen-bond acceptors (Lipinski definition) is 7. The molecule has 3 heterocycles. The van der Waals surface area contributed by atoms with Gasteiger partial charge in [0.15, 0.2) is 10.8 Å². The van der Waals surface area contributed by atoms with Gasteiger partial charge in [-0.25, -0.2) is 14.6 Å². The van der Waals surface area contributed by atoms with Crippen LogP contribution in [0.15, 0.2) is 66.2 Å². The largest absolute Gasteiger partial charge is 0.497 e. The number of rotatable bonds is 7. The summed E-state index contributed by atoms with van der Waals surface area (Å²) >= 11 is 1.35. The van der Waals surface area contributed by atoms with Crippen molar-refractivity contribution in [2.75, 3.05) is 19.5 Å². The molecular formula is C26H23N5O3S. The number of nitrogens with zero attached hydrogens (tertiary/aromatic N) is 4. The molecule has 0 fully saturated rings. The quantitative estimate of drug-likeness (QED) is 0.327. The van der Waals surface area contributed by atoms with Crippen molar-refractivity contribution in [2.45, 2.75) is 13.5 Å². The van der Waals surface area contributed by atoms with E-state index in [1.54, 1.807) is 37.2 Å². The first-order valence-corrected chi connectivity index (χ1v) is 11.9. The summed E-state index contributed by atoms with van der Waals surface area (Å²) in [5, 5.41) is 10.4. The van der Waals surface area contributed by atoms with Crippen LogP contribution in [0.5, 0.6) is 11.5 Å². The lowest BCUT2D eigenvalue weighted by Crippen LogP contribution is -2.13. The number of pyridine rings is 1. The van der Waals surface area contributed by atoms with Crippen LogP contribution in [0.25, 0.3) is 33.5 Å². The molecule has 35 heavy (non-hydrogen) atoms. The highest BCUT2D eigenvalue weighted by molar-refractivity contribution is 7.14. The van der Waals surface area contributed by atoms with Gasteiger partial charge < -0.3 is 9.47 Å². The van der Waals surface area contributed by atoms with E-state index in [9.17, 15) is 4.79 Å². The number of anilines is 1. The lowest BCUT2D eigenvalue weighted by molar-refractivity contribution is 0.102. The summed E-state index contributed by atoms with van der Waals surface area (Å²) in [6.07, 6.45) is 1.69. The number of methoxy groups -OCH3 is 2. The fourth-order valence-corrected chi connectivity index (χ4v) is 4.56. The van der Waals surface area contributed by atoms with Gasteiger partial charge in [0.2, 0.25) is 0 Å². The molecule has 1 amide bonds. The Kier molecular flexibility index (Phi) is 6.15. The topological polar surface area (TPSA) is 91.2 Å². The van der Waals surface area contributed by atoms with Gasteiger partial charge in [-0.3, -0.25) is 10.1 Å². The van der Waals surface area contributed by atoms with E-state index in [0.29, 0.717) is 51.2 Å². The van der Waals surface area contributed by atoms with Gasteiger partial charge in [-0.1, -0.05) is 30.3 Å². The number of aryl methyl sites for hydroxylation is 1. The highest BCUT2D eigenvalue weighted by Gasteiger charge is 2.19. The molecular weight excluding hydrogens is 462 g/mol. The second-order valence-electron chi connectivity index (χ2n) is 7.68. The zero-order chi connectivity index (χ0) is 24.4. The van der Waals surface area contributed by atoms with Gasteiger partial charge in [0.25, 0.3) is 5.91 Å². The molecule has 5 rings (SSSR count). The van der Waals surface area contributed by atoms with E-state index < -0.39 is 0 Å². The Labute approximate surface area is 206 Å². The normalized spacial score (nSPS) is 10.9. The maximum absolute atomic E-state index is 13.4. The molecule has 1 N–H and O–H groups in total. The highest BCUT2D eigenvalue weighted by Crippen LogP contribution is 2.35. The number of benzene rings is 2. The third kappa shape index (κ3) is 4.33. The predicted molar refractivity (Wildman–Crippen MR) is 137 cm³/mol. The Morgan fingerprint density at radius 3 is 2.60 bits per heavy atom. The number of carbonyl (C=O) groups is 1. The molecule has 5 aromatic rings. The number of carbonyl (C=O) groups excluding carboxylic acids is 1. The van der Waals surface area contributed by atoms with Gasteiger partial charge in [0.05, 0.1) is 42.8 Å². The van der Waals surface area contributed by atoms with E-state index in [1.165, 1.54) is 11.3 Å². The van der Waals surface area contributed by atoms with Crippen LogP contribution >= 0.6 is 11.3 Å². The van der Waals surface area contributed by atoms with Crippen molar-refractivity contribution < 1.29 is 14.3 Å². The van der Waals surface area contributed by atoms with Crippen molar-refractivity contribution in [1.29, 1.82) is 0 Å². The number of ether oxygens (including phenoxy) is 2. The fraction of sp³-hybridized carbons (Fsp3) is 0.154. The van der Waals surface area contributed by atoms with Crippen LogP contribution < -0.4 is 14.8 Å². The third-order valence-corrected chi connectivity index (χ3v) is 6.39. The molecule has 0 aliphatic carbocycles. The minimum Gasteiger partial charge on any atom is -0.497 e. The number of hydrogen-bond donors (Lipinski definition) is 1. The van der Waals surface area contributed by atoms with Crippen LogP contribution in [0.4, 0.5) is 5.13 Å². The molecule has 0 aliphatic rings. The lowest BCUT2D eigenvalue weighted by atomic mass is 10.1. The summed E-state index contributed by atoms with van der Waals surface area (Å²) in [7, 11) is 3.21. The number of fused-ring (bicyclic) bond motifs is 1. The smallest absolute Gasteiger partial charge is 0.258 e. The Hall–Kier alpha value is -4.24. The van der Waals surface area contributed by atoms with Crippen molar-refractivity contribution in [2.24, 2.45) is 0 Å². The van der Waals surface area contributed by atoms with Crippen molar-refractivity contribution in [3.8, 4) is 34.0 Å². The summed E-state index contributed by atoms with van der Waals surface area (Å²) in [4.78, 5) is 22.8. The molecule has 0 saturated heterocycles. The molecule has 0 saturated carbocycles. The van der Waals surface area contributed by atoms with Crippen LogP contribution in [0, 0.1) is 0 Å². The van der Waals surface area contributed by atoms with E-state index in [0.717, 1.165) is 11.1 Å². The molecule has 0 spiro atoms. The Balaban J connectivity index is 1.49. The average molecular weight is 486 g/mol. The second kappa shape index (κ2) is 9.55. The van der Waals surface area contributed by atoms with Gasteiger partial charge in [-0.15, -0.1) is 11.3 Å². The van der Waals surface area contributed by atoms with Crippen LogP contribution in [0.3, 0.4) is 0 Å². The fourth-order valence-electron chi connectivity index (χ4n) is 3.85. The summed E-state index contributed by atoms with van der Waals surface area (Å²) in [5.74, 6) is 1.06. The van der Waals surface area contributed by atoms with E-state index in [-0.39, 0.29) is 5.91 Å². The molecule has 2 aromatic carbocycles. The highest BCUT2D eigenvalue weighted by atomic mass is 32.1. The molecule has 8 nitrogen and oxygen atoms in total. The third-order valence-electron chi connectivity index (χ3n) is 5.63. The van der Waals surface area contributed by atoms with Crippen LogP contribution in [-0.2, 0) is 6.54 Å². The molecule has 0 aliphatic heterocycles. The first-order valence-electron chi connectivity index (χ1n) is 11.0. The van der Waals surface area contributed by atoms with Crippen LogP contribution in [-0.4, -0.2) is 39.9 Å². The summed E-state index contributed by atoms with van der Waals surface area (Å²) in [5.41, 5.74) is 4.31. The lowest BCUT2D eigenvalue weighted by Gasteiger charge is -2.09. The van der Waals surface area contributed by atoms with Crippen molar-refractivity contribution >= 4 is 33.4 Å². The number of amides is 1. The van der Waals surface area contributed by atoms with Crippen LogP contribution in [0.1, 0.15) is 17.3 Å². The SMILES string of the molecule is CCn1ncc2c(C(=O)Nc3nc(-c4ccc(OC)cc4OC)cs3)cc(-c3ccccc3)nc21. The Morgan fingerprint density at radius 1 is 1.03 bits per heavy atom. The standard InChI is InChI=1S/C26H23N5O3S/c1-4-31-24-20(14-27-31)19(13-21(28-24)16-8-6-5-7-9-16)25(32)30-26-29-22(15-35-26)18-11-10-17(33-2)12-23(18)34-3/h5-15H,4H2,1-3H3,(H,29,30,32). The van der Waals surface area contributed by atoms with E-state index >= 15 is 0 Å². The molecule has 0 atom stereocenters. The molecule has 176 valence electrons. The van der Waals surface area contributed by atoms with Gasteiger partial charge in [-0.2, -0.15) is 5.10 Å². The summed E-state index contributed by atoms with van der Waals surface area (Å²) < 4.78 is 12.6. The number of aromatic nitrogens is 4. The van der Waals surface area contributed by atoms with E-state index in [2.05, 4.69) is 15.4 Å². The first-order chi connectivity index (χ1) is 17.1. The maximum atomic E-state index is 13.4. The zero-order valence-corrected chi connectivity index (χ0v) is 20.3. The monoisotopic (exact) mass is 485 g/mol. The molecule has 0 radical (unpaired) electrons. The Morgan fingerprint density at radius 2 is 1.86 bits per heavy atom. The van der Waals surface area contributed by atoms with Crippen molar-refractivity contribution in [3.05, 3.63) is 71.7 Å². The van der Waals surface area contributed by atoms with E-state index in [1.807, 2.05) is 54.8 Å². The molecule has 0 bridgehead atoms. The zero-order valence-electron chi connectivity index (χ0n) is 19.5. The van der Waals surface area contributed by atoms with E-state index in [4.69, 9.17) is 14.5 Å². The van der Waals surface area contributed by atoms with Gasteiger partial charge >= 0.3 is 0 Å². The number of nitrogens with one attached hydrogen (secondary N) is 1. The summed E-state index contributed by atoms with van der Waals surface area (Å²) in [6, 6.07) is 17.1. The van der Waals surface area contributed by atoms with Gasteiger partial charge in [-0.05, 0) is 25.1 Å². The summed E-state index contributed by atoms with van der Waals surface area (Å²) in [6.45, 7) is 2.64.